The third-order valence-corrected chi connectivity index (χ3v) is 1.21. The predicted molar refractivity (Wildman–Crippen MR) is 57.2 cm³/mol. The van der Waals surface area contributed by atoms with E-state index in [0.717, 1.165) is 0 Å². The van der Waals surface area contributed by atoms with Crippen LogP contribution in [0.4, 0.5) is 0 Å². The number of hydrogen-bond donors (Lipinski definition) is 0. The van der Waals surface area contributed by atoms with Crippen LogP contribution in [0.1, 0.15) is 0 Å². The van der Waals surface area contributed by atoms with E-state index >= 15 is 0 Å². The molecule has 0 aromatic carbocycles. The normalized spacial score (nSPS) is 9.17. The second kappa shape index (κ2) is 17.7. The Morgan fingerprint density at radius 3 is 0.667 bits per heavy atom. The molecule has 0 radical (unpaired) electrons. The number of pyridine rings is 2. The van der Waals surface area contributed by atoms with Crippen molar-refractivity contribution in [3.05, 3.63) is 74.3 Å². The smallest absolute Gasteiger partial charge is 0.166 e. The Morgan fingerprint density at radius 2 is 0.625 bits per heavy atom. The van der Waals surface area contributed by atoms with Crippen LogP contribution in [0.25, 0.3) is 0 Å². The highest BCUT2D eigenvalue weighted by molar-refractivity contribution is 4.83. The minimum absolute atomic E-state index is 1.88. The van der Waals surface area contributed by atoms with E-state index in [2.05, 4.69) is 23.1 Å². The van der Waals surface area contributed by atoms with E-state index in [0.29, 0.717) is 0 Å². The maximum Gasteiger partial charge on any atom is 0.166 e. The molecule has 0 fully saturated rings. The van der Waals surface area contributed by atoms with Crippen molar-refractivity contribution in [2.24, 2.45) is 0 Å². The van der Waals surface area contributed by atoms with Crippen molar-refractivity contribution in [2.75, 3.05) is 0 Å². The van der Waals surface area contributed by atoms with Gasteiger partial charge in [0.05, 0.1) is 0 Å². The summed E-state index contributed by atoms with van der Waals surface area (Å²) < 4.78 is 67.9. The molecular formula is C12H16Cl2N2O8. The van der Waals surface area contributed by atoms with Gasteiger partial charge < -0.3 is 0 Å². The molecule has 2 aromatic heterocycles. The molecule has 24 heavy (non-hydrogen) atoms. The average molecular weight is 387 g/mol. The molecule has 10 nitrogen and oxygen atoms in total. The van der Waals surface area contributed by atoms with Gasteiger partial charge in [0, 0.05) is 24.3 Å². The molecular weight excluding hydrogens is 371 g/mol. The van der Waals surface area contributed by atoms with Crippen molar-refractivity contribution >= 4 is 0 Å². The molecule has 0 aliphatic carbocycles. The van der Waals surface area contributed by atoms with Gasteiger partial charge in [0.25, 0.3) is 0 Å². The second-order valence-corrected chi connectivity index (χ2v) is 4.42. The molecule has 0 saturated heterocycles. The molecule has 0 unspecified atom stereocenters. The Kier molecular flexibility index (Phi) is 20.0. The Bertz CT molecular complexity index is 345. The standard InChI is InChI=1S/2C5H5N.C2H4.2ClHO4/c2*1-2-4-6-5-3-1;1-2;2*2-1(3,4)5/h2*1-5H;1-2H2;2*(H,2,3,4,5). The Morgan fingerprint density at radius 1 is 0.458 bits per heavy atom. The van der Waals surface area contributed by atoms with E-state index < -0.39 is 20.5 Å². The number of aromatic amines is 2. The lowest BCUT2D eigenvalue weighted by atomic mass is 10.5. The van der Waals surface area contributed by atoms with Crippen LogP contribution in [0.3, 0.4) is 0 Å². The predicted octanol–water partition coefficient (Wildman–Crippen LogP) is -7.71. The summed E-state index contributed by atoms with van der Waals surface area (Å²) in [6.45, 7) is 6.00. The third-order valence-electron chi connectivity index (χ3n) is 1.21. The fourth-order valence-electron chi connectivity index (χ4n) is 0.684. The molecule has 0 saturated carbocycles. The fourth-order valence-corrected chi connectivity index (χ4v) is 0.684. The van der Waals surface area contributed by atoms with Crippen LogP contribution in [0, 0.1) is 20.5 Å². The van der Waals surface area contributed by atoms with Gasteiger partial charge in [-0.25, -0.2) is 47.2 Å². The monoisotopic (exact) mass is 386 g/mol. The molecule has 0 spiro atoms. The lowest BCUT2D eigenvalue weighted by Crippen LogP contribution is -2.68. The van der Waals surface area contributed by atoms with E-state index in [1.807, 2.05) is 61.2 Å². The summed E-state index contributed by atoms with van der Waals surface area (Å²) in [6, 6.07) is 11.7. The summed E-state index contributed by atoms with van der Waals surface area (Å²) in [5, 5.41) is 0. The SMILES string of the molecule is C=C.[O-][Cl+3]([O-])([O-])[O-].[O-][Cl+3]([O-])([O-])[O-].c1cc[nH+]cc1.c1cc[nH+]cc1. The van der Waals surface area contributed by atoms with E-state index in [9.17, 15) is 0 Å². The largest absolute Gasteiger partial charge is 0.222 e. The number of nitrogens with one attached hydrogen (secondary N) is 2. The van der Waals surface area contributed by atoms with Gasteiger partial charge >= 0.3 is 0 Å². The lowest BCUT2D eigenvalue weighted by Gasteiger charge is -2.17. The first-order chi connectivity index (χ1) is 11.0. The number of H-pyrrole nitrogens is 2. The topological polar surface area (TPSA) is 213 Å². The summed E-state index contributed by atoms with van der Waals surface area (Å²) in [6.07, 6.45) is 7.50. The molecule has 2 N–H and O–H groups in total. The quantitative estimate of drug-likeness (QED) is 0.395. The van der Waals surface area contributed by atoms with Crippen molar-refractivity contribution in [1.29, 1.82) is 0 Å². The van der Waals surface area contributed by atoms with Crippen LogP contribution in [0.2, 0.25) is 0 Å². The minimum atomic E-state index is -4.94. The van der Waals surface area contributed by atoms with Crippen molar-refractivity contribution in [3.63, 3.8) is 0 Å². The van der Waals surface area contributed by atoms with Crippen LogP contribution < -0.4 is 47.2 Å². The molecule has 0 bridgehead atoms. The van der Waals surface area contributed by atoms with Crippen molar-refractivity contribution in [2.45, 2.75) is 0 Å². The summed E-state index contributed by atoms with van der Waals surface area (Å²) in [7, 11) is -9.89. The molecule has 136 valence electrons. The molecule has 0 atom stereocenters. The van der Waals surface area contributed by atoms with E-state index in [-0.39, 0.29) is 0 Å². The third kappa shape index (κ3) is 71.3. The summed E-state index contributed by atoms with van der Waals surface area (Å²) in [5.41, 5.74) is 0. The van der Waals surface area contributed by atoms with Crippen LogP contribution in [0.15, 0.2) is 74.3 Å². The van der Waals surface area contributed by atoms with E-state index in [4.69, 9.17) is 37.3 Å². The summed E-state index contributed by atoms with van der Waals surface area (Å²) >= 11 is 0. The number of halogens is 2. The molecule has 0 amide bonds. The fraction of sp³-hybridized carbons (Fsp3) is 0. The maximum atomic E-state index is 8.49. The van der Waals surface area contributed by atoms with Gasteiger partial charge in [-0.2, -0.15) is 0 Å². The highest BCUT2D eigenvalue weighted by Gasteiger charge is 1.84. The van der Waals surface area contributed by atoms with Crippen LogP contribution in [0.5, 0.6) is 0 Å². The van der Waals surface area contributed by atoms with Crippen LogP contribution >= 0.6 is 0 Å². The highest BCUT2D eigenvalue weighted by Crippen LogP contribution is 1.69. The zero-order valence-corrected chi connectivity index (χ0v) is 13.7. The number of hydrogen-bond acceptors (Lipinski definition) is 8. The Balaban J connectivity index is -0.000000238. The Hall–Kier alpha value is -1.70. The first kappa shape index (κ1) is 27.2. The average Bonchev–Trinajstić information content (AvgIpc) is 2.50. The molecule has 2 rings (SSSR count). The van der Waals surface area contributed by atoms with Gasteiger partial charge in [-0.15, -0.1) is 33.6 Å². The molecule has 0 aliphatic heterocycles. The van der Waals surface area contributed by atoms with Crippen molar-refractivity contribution in [3.8, 4) is 0 Å². The van der Waals surface area contributed by atoms with E-state index in [1.54, 1.807) is 0 Å². The minimum Gasteiger partial charge on any atom is -0.222 e. The van der Waals surface area contributed by atoms with Crippen molar-refractivity contribution < 1.29 is 67.7 Å². The van der Waals surface area contributed by atoms with Gasteiger partial charge in [-0.1, -0.05) is 12.1 Å². The van der Waals surface area contributed by atoms with Crippen LogP contribution in [-0.4, -0.2) is 0 Å². The molecule has 12 heteroatoms. The lowest BCUT2D eigenvalue weighted by molar-refractivity contribution is -2.00. The zero-order valence-electron chi connectivity index (χ0n) is 12.2. The first-order valence-corrected chi connectivity index (χ1v) is 8.02. The van der Waals surface area contributed by atoms with Gasteiger partial charge in [0.1, 0.15) is 0 Å². The molecule has 2 aromatic rings. The van der Waals surface area contributed by atoms with Gasteiger partial charge in [-0.3, -0.25) is 0 Å². The number of aromatic nitrogens is 2. The van der Waals surface area contributed by atoms with Gasteiger partial charge in [0.15, 0.2) is 24.8 Å². The highest BCUT2D eigenvalue weighted by atomic mass is 35.7. The van der Waals surface area contributed by atoms with Gasteiger partial charge in [0.2, 0.25) is 0 Å². The molecule has 2 heterocycles. The summed E-state index contributed by atoms with van der Waals surface area (Å²) in [4.78, 5) is 5.78. The van der Waals surface area contributed by atoms with E-state index in [1.165, 1.54) is 0 Å². The van der Waals surface area contributed by atoms with Gasteiger partial charge in [-0.05, 0) is 0 Å². The van der Waals surface area contributed by atoms with Crippen LogP contribution in [-0.2, 0) is 0 Å². The Labute approximate surface area is 142 Å². The van der Waals surface area contributed by atoms with Crippen molar-refractivity contribution in [1.82, 2.24) is 0 Å². The molecule has 0 aliphatic rings. The number of rotatable bonds is 0. The second-order valence-electron chi connectivity index (χ2n) is 2.91. The first-order valence-electron chi connectivity index (χ1n) is 5.56. The summed E-state index contributed by atoms with van der Waals surface area (Å²) in [5.74, 6) is 0. The zero-order chi connectivity index (χ0) is 19.5. The maximum absolute atomic E-state index is 8.49.